The number of pyridine rings is 1. The number of rotatable bonds is 7. The Hall–Kier alpha value is -3.06. The molecule has 1 aliphatic carbocycles. The van der Waals surface area contributed by atoms with Crippen molar-refractivity contribution >= 4 is 37.2 Å². The molecule has 5 aromatic rings. The predicted octanol–water partition coefficient (Wildman–Crippen LogP) is 10.4. The van der Waals surface area contributed by atoms with E-state index in [1.807, 2.05) is 29.7 Å². The second kappa shape index (κ2) is 19.0. The minimum absolute atomic E-state index is 0. The zero-order valence-corrected chi connectivity index (χ0v) is 33.5. The van der Waals surface area contributed by atoms with Gasteiger partial charge in [-0.25, -0.2) is 0 Å². The van der Waals surface area contributed by atoms with Crippen LogP contribution >= 0.6 is 11.3 Å². The van der Waals surface area contributed by atoms with E-state index in [1.165, 1.54) is 63.4 Å². The van der Waals surface area contributed by atoms with Gasteiger partial charge in [-0.15, -0.1) is 51.9 Å². The van der Waals surface area contributed by atoms with Crippen molar-refractivity contribution in [2.75, 3.05) is 4.90 Å². The number of aromatic nitrogens is 1. The van der Waals surface area contributed by atoms with Crippen molar-refractivity contribution in [1.82, 2.24) is 9.88 Å². The summed E-state index contributed by atoms with van der Waals surface area (Å²) in [6, 6.07) is 28.9. The summed E-state index contributed by atoms with van der Waals surface area (Å²) in [5.74, 6) is 0.675. The Balaban J connectivity index is 0.000000195. The molecule has 266 valence electrons. The molecule has 2 N–H and O–H groups in total. The molecular weight excluding hydrogens is 815 g/mol. The molecule has 0 radical (unpaired) electrons. The Morgan fingerprint density at radius 1 is 0.920 bits per heavy atom. The van der Waals surface area contributed by atoms with Gasteiger partial charge in [-0.3, -0.25) is 0 Å². The standard InChI is InChI=1S/C23H22NS.C15H18N2.C5H12O2.Ir/c1-14(2)9-17-5-6-19-20-7-8-24-22(23(20)25-21(19)13-17)18-11-15(3)10-16(4)12-18;1-3-7-14(8-4-1)16-11-12-17(13-16)15-9-5-2-6-10-15;1-4(6)3-5(2)7;/h5-8,10-11,13-14H,9H2,1-4H3;1,3-4,7,11-13,15H,2,5-6,9-10H2;4-7H,3H2,1-2H3;/q-1;-2;;+3. The third-order valence-electron chi connectivity index (χ3n) is 8.81. The van der Waals surface area contributed by atoms with Gasteiger partial charge in [-0.2, -0.15) is 37.0 Å². The van der Waals surface area contributed by atoms with Crippen LogP contribution in [0.5, 0.6) is 0 Å². The summed E-state index contributed by atoms with van der Waals surface area (Å²) < 4.78 is 2.62. The number of hydrogen-bond acceptors (Lipinski definition) is 6. The average Bonchev–Trinajstić information content (AvgIpc) is 3.70. The summed E-state index contributed by atoms with van der Waals surface area (Å²) >= 11 is 1.85. The molecule has 2 aromatic heterocycles. The van der Waals surface area contributed by atoms with Gasteiger partial charge in [0.2, 0.25) is 0 Å². The monoisotopic (exact) mass is 867 g/mol. The van der Waals surface area contributed by atoms with Gasteiger partial charge in [0.05, 0.1) is 12.2 Å². The smallest absolute Gasteiger partial charge is 0.505 e. The molecule has 2 unspecified atom stereocenters. The molecule has 7 heteroatoms. The van der Waals surface area contributed by atoms with E-state index < -0.39 is 0 Å². The van der Waals surface area contributed by atoms with E-state index in [9.17, 15) is 0 Å². The van der Waals surface area contributed by atoms with Gasteiger partial charge in [-0.05, 0) is 86.3 Å². The van der Waals surface area contributed by atoms with Gasteiger partial charge in [0.1, 0.15) is 0 Å². The Morgan fingerprint density at radius 2 is 1.68 bits per heavy atom. The Bertz CT molecular complexity index is 1790. The Labute approximate surface area is 317 Å². The number of thiophene rings is 1. The molecule has 0 amide bonds. The fraction of sp³-hybridized carbons (Fsp3) is 0.395. The number of anilines is 1. The van der Waals surface area contributed by atoms with Crippen LogP contribution in [-0.4, -0.2) is 38.3 Å². The fourth-order valence-electron chi connectivity index (χ4n) is 6.71. The summed E-state index contributed by atoms with van der Waals surface area (Å²) in [5.41, 5.74) is 7.09. The third kappa shape index (κ3) is 11.0. The SMILES string of the molecule is CC(O)CC(C)O.Cc1[c-]c(-c2nccc3c2sc2cc(CC(C)C)ccc23)cc(C)c1.[Ir+3].[c-]1ccccc1N1C=CN(C2CCCCC2)[CH-]1. The molecule has 5 nitrogen and oxygen atoms in total. The molecule has 0 spiro atoms. The van der Waals surface area contributed by atoms with E-state index in [2.05, 4.69) is 117 Å². The number of para-hydroxylation sites is 1. The number of nitrogens with zero attached hydrogens (tertiary/aromatic N) is 3. The van der Waals surface area contributed by atoms with E-state index in [0.717, 1.165) is 28.9 Å². The van der Waals surface area contributed by atoms with Crippen molar-refractivity contribution in [3.8, 4) is 11.3 Å². The molecule has 0 saturated heterocycles. The van der Waals surface area contributed by atoms with Gasteiger partial charge >= 0.3 is 20.1 Å². The minimum atomic E-state index is -0.375. The van der Waals surface area contributed by atoms with Gasteiger partial charge in [0, 0.05) is 27.3 Å². The van der Waals surface area contributed by atoms with Crippen LogP contribution in [0.1, 0.15) is 82.9 Å². The van der Waals surface area contributed by atoms with Crippen LogP contribution in [0.4, 0.5) is 5.69 Å². The maximum atomic E-state index is 8.56. The number of fused-ring (bicyclic) bond motifs is 3. The number of aliphatic hydroxyl groups excluding tert-OH is 2. The van der Waals surface area contributed by atoms with Crippen molar-refractivity contribution in [1.29, 1.82) is 0 Å². The molecule has 1 fully saturated rings. The summed E-state index contributed by atoms with van der Waals surface area (Å²) in [7, 11) is 0. The van der Waals surface area contributed by atoms with Crippen molar-refractivity contribution in [2.45, 2.75) is 105 Å². The molecule has 2 atom stereocenters. The van der Waals surface area contributed by atoms with Gasteiger partial charge < -0.3 is 25.0 Å². The summed E-state index contributed by atoms with van der Waals surface area (Å²) in [4.78, 5) is 9.21. The van der Waals surface area contributed by atoms with E-state index in [1.54, 1.807) is 13.8 Å². The molecule has 3 aromatic carbocycles. The first-order valence-electron chi connectivity index (χ1n) is 17.8. The molecule has 7 rings (SSSR count). The number of aryl methyl sites for hydroxylation is 2. The molecular formula is C43H52IrN3O2S. The van der Waals surface area contributed by atoms with Crippen LogP contribution in [-0.2, 0) is 26.5 Å². The van der Waals surface area contributed by atoms with Crippen LogP contribution < -0.4 is 4.90 Å². The van der Waals surface area contributed by atoms with Crippen molar-refractivity contribution in [3.05, 3.63) is 115 Å². The molecule has 2 aliphatic rings. The first-order chi connectivity index (χ1) is 23.6. The fourth-order valence-corrected chi connectivity index (χ4v) is 7.97. The van der Waals surface area contributed by atoms with Crippen molar-refractivity contribution in [3.63, 3.8) is 0 Å². The Morgan fingerprint density at radius 3 is 2.32 bits per heavy atom. The Kier molecular flexibility index (Phi) is 15.1. The van der Waals surface area contributed by atoms with E-state index >= 15 is 0 Å². The number of benzene rings is 3. The minimum Gasteiger partial charge on any atom is -0.505 e. The van der Waals surface area contributed by atoms with Crippen LogP contribution in [0.25, 0.3) is 31.4 Å². The van der Waals surface area contributed by atoms with Crippen LogP contribution in [0.3, 0.4) is 0 Å². The number of hydrogen-bond donors (Lipinski definition) is 2. The van der Waals surface area contributed by atoms with Crippen molar-refractivity contribution < 1.29 is 30.3 Å². The van der Waals surface area contributed by atoms with Crippen LogP contribution in [0, 0.1) is 38.6 Å². The van der Waals surface area contributed by atoms with E-state index in [0.29, 0.717) is 18.4 Å². The molecule has 1 aliphatic heterocycles. The molecule has 50 heavy (non-hydrogen) atoms. The van der Waals surface area contributed by atoms with E-state index in [-0.39, 0.29) is 32.3 Å². The molecule has 0 bridgehead atoms. The van der Waals surface area contributed by atoms with Crippen molar-refractivity contribution in [2.24, 2.45) is 5.92 Å². The first-order valence-corrected chi connectivity index (χ1v) is 18.6. The molecule has 1 saturated carbocycles. The quantitative estimate of drug-likeness (QED) is 0.160. The van der Waals surface area contributed by atoms with E-state index in [4.69, 9.17) is 15.2 Å². The zero-order valence-electron chi connectivity index (χ0n) is 30.3. The average molecular weight is 867 g/mol. The zero-order chi connectivity index (χ0) is 34.9. The molecule has 3 heterocycles. The van der Waals surface area contributed by atoms with Crippen LogP contribution in [0.15, 0.2) is 79.3 Å². The maximum absolute atomic E-state index is 8.56. The third-order valence-corrected chi connectivity index (χ3v) is 9.98. The predicted molar refractivity (Wildman–Crippen MR) is 207 cm³/mol. The second-order valence-electron chi connectivity index (χ2n) is 14.1. The second-order valence-corrected chi connectivity index (χ2v) is 15.1. The normalized spacial score (nSPS) is 15.7. The van der Waals surface area contributed by atoms with Gasteiger partial charge in [0.25, 0.3) is 0 Å². The van der Waals surface area contributed by atoms with Crippen LogP contribution in [0.2, 0.25) is 0 Å². The number of aliphatic hydroxyl groups is 2. The largest absolute Gasteiger partial charge is 3.00 e. The maximum Gasteiger partial charge on any atom is 3.00 e. The van der Waals surface area contributed by atoms with Gasteiger partial charge in [-0.1, -0.05) is 59.1 Å². The first kappa shape index (κ1) is 39.7. The summed E-state index contributed by atoms with van der Waals surface area (Å²) in [6.45, 7) is 14.3. The summed E-state index contributed by atoms with van der Waals surface area (Å²) in [6.07, 6.45) is 13.9. The summed E-state index contributed by atoms with van der Waals surface area (Å²) in [5, 5.41) is 19.8. The van der Waals surface area contributed by atoms with Gasteiger partial charge in [0.15, 0.2) is 0 Å². The topological polar surface area (TPSA) is 59.8 Å².